The standard InChI is InChI=1S/C17H16INO3/c1-21-12-7-8-13(17(11-12)22-2)16(20)9-10-19-15-6-4-3-5-14(15)18/h3-11,19H,1-2H3. The quantitative estimate of drug-likeness (QED) is 0.443. The van der Waals surface area contributed by atoms with Gasteiger partial charge in [0.25, 0.3) is 0 Å². The van der Waals surface area contributed by atoms with Crippen molar-refractivity contribution in [1.29, 1.82) is 0 Å². The van der Waals surface area contributed by atoms with Gasteiger partial charge in [0.15, 0.2) is 5.78 Å². The fourth-order valence-electron chi connectivity index (χ4n) is 1.88. The molecule has 5 heteroatoms. The van der Waals surface area contributed by atoms with Gasteiger partial charge in [0.2, 0.25) is 0 Å². The van der Waals surface area contributed by atoms with Crippen LogP contribution in [-0.2, 0) is 0 Å². The largest absolute Gasteiger partial charge is 0.497 e. The highest BCUT2D eigenvalue weighted by Crippen LogP contribution is 2.25. The molecule has 22 heavy (non-hydrogen) atoms. The first-order valence-corrected chi connectivity index (χ1v) is 7.67. The summed E-state index contributed by atoms with van der Waals surface area (Å²) in [7, 11) is 3.10. The molecule has 2 aromatic rings. The van der Waals surface area contributed by atoms with E-state index in [-0.39, 0.29) is 5.78 Å². The molecule has 0 saturated carbocycles. The number of anilines is 1. The summed E-state index contributed by atoms with van der Waals surface area (Å²) in [6, 6.07) is 13.0. The zero-order valence-electron chi connectivity index (χ0n) is 12.3. The molecule has 0 aliphatic rings. The summed E-state index contributed by atoms with van der Waals surface area (Å²) < 4.78 is 11.4. The fourth-order valence-corrected chi connectivity index (χ4v) is 2.42. The zero-order valence-corrected chi connectivity index (χ0v) is 14.5. The first-order chi connectivity index (χ1) is 10.7. The van der Waals surface area contributed by atoms with Gasteiger partial charge in [-0.1, -0.05) is 12.1 Å². The maximum Gasteiger partial charge on any atom is 0.191 e. The molecule has 0 aliphatic heterocycles. The van der Waals surface area contributed by atoms with Crippen LogP contribution in [-0.4, -0.2) is 20.0 Å². The van der Waals surface area contributed by atoms with E-state index in [0.29, 0.717) is 17.1 Å². The van der Waals surface area contributed by atoms with Crippen LogP contribution in [0.1, 0.15) is 10.4 Å². The number of ether oxygens (including phenoxy) is 2. The molecule has 2 aromatic carbocycles. The van der Waals surface area contributed by atoms with Crippen LogP contribution in [0.3, 0.4) is 0 Å². The van der Waals surface area contributed by atoms with Crippen molar-refractivity contribution in [3.8, 4) is 11.5 Å². The Morgan fingerprint density at radius 2 is 1.91 bits per heavy atom. The molecule has 0 aromatic heterocycles. The van der Waals surface area contributed by atoms with Crippen molar-refractivity contribution in [3.63, 3.8) is 0 Å². The summed E-state index contributed by atoms with van der Waals surface area (Å²) in [6.07, 6.45) is 3.11. The second-order valence-electron chi connectivity index (χ2n) is 4.39. The molecule has 0 amide bonds. The minimum absolute atomic E-state index is 0.141. The van der Waals surface area contributed by atoms with Gasteiger partial charge >= 0.3 is 0 Å². The molecular formula is C17H16INO3. The Morgan fingerprint density at radius 3 is 2.59 bits per heavy atom. The van der Waals surface area contributed by atoms with Crippen LogP contribution in [0.5, 0.6) is 11.5 Å². The van der Waals surface area contributed by atoms with E-state index < -0.39 is 0 Å². The number of carbonyl (C=O) groups is 1. The average molecular weight is 409 g/mol. The van der Waals surface area contributed by atoms with E-state index in [1.54, 1.807) is 31.5 Å². The fraction of sp³-hybridized carbons (Fsp3) is 0.118. The third kappa shape index (κ3) is 4.00. The predicted molar refractivity (Wildman–Crippen MR) is 95.8 cm³/mol. The molecule has 114 valence electrons. The van der Waals surface area contributed by atoms with E-state index in [4.69, 9.17) is 9.47 Å². The van der Waals surface area contributed by atoms with E-state index in [2.05, 4.69) is 27.9 Å². The molecule has 0 unspecified atom stereocenters. The number of carbonyl (C=O) groups excluding carboxylic acids is 1. The number of ketones is 1. The molecule has 0 atom stereocenters. The third-order valence-corrected chi connectivity index (χ3v) is 3.96. The van der Waals surface area contributed by atoms with E-state index in [9.17, 15) is 4.79 Å². The maximum absolute atomic E-state index is 12.2. The number of hydrogen-bond acceptors (Lipinski definition) is 4. The summed E-state index contributed by atoms with van der Waals surface area (Å²) >= 11 is 2.23. The molecule has 0 heterocycles. The lowest BCUT2D eigenvalue weighted by molar-refractivity contribution is 0.104. The molecule has 4 nitrogen and oxygen atoms in total. The van der Waals surface area contributed by atoms with E-state index in [0.717, 1.165) is 9.26 Å². The van der Waals surface area contributed by atoms with E-state index in [1.807, 2.05) is 24.3 Å². The van der Waals surface area contributed by atoms with Gasteiger partial charge in [-0.25, -0.2) is 0 Å². The van der Waals surface area contributed by atoms with Gasteiger partial charge in [-0.3, -0.25) is 4.79 Å². The van der Waals surface area contributed by atoms with Crippen LogP contribution in [0.25, 0.3) is 0 Å². The Bertz CT molecular complexity index is 698. The minimum Gasteiger partial charge on any atom is -0.497 e. The smallest absolute Gasteiger partial charge is 0.191 e. The van der Waals surface area contributed by atoms with E-state index >= 15 is 0 Å². The summed E-state index contributed by atoms with van der Waals surface area (Å²) in [4.78, 5) is 12.2. The number of benzene rings is 2. The monoisotopic (exact) mass is 409 g/mol. The number of methoxy groups -OCH3 is 2. The van der Waals surface area contributed by atoms with Crippen LogP contribution >= 0.6 is 22.6 Å². The first kappa shape index (κ1) is 16.4. The van der Waals surface area contributed by atoms with Gasteiger partial charge in [-0.2, -0.15) is 0 Å². The first-order valence-electron chi connectivity index (χ1n) is 6.59. The molecule has 0 spiro atoms. The van der Waals surface area contributed by atoms with Crippen LogP contribution in [0.2, 0.25) is 0 Å². The highest BCUT2D eigenvalue weighted by atomic mass is 127. The van der Waals surface area contributed by atoms with Gasteiger partial charge in [0, 0.05) is 21.9 Å². The molecule has 0 saturated heterocycles. The highest BCUT2D eigenvalue weighted by Gasteiger charge is 2.10. The Labute approximate surface area is 143 Å². The van der Waals surface area contributed by atoms with Gasteiger partial charge in [0.05, 0.1) is 25.5 Å². The van der Waals surface area contributed by atoms with Crippen molar-refractivity contribution in [2.45, 2.75) is 0 Å². The third-order valence-electron chi connectivity index (χ3n) is 3.02. The van der Waals surface area contributed by atoms with Gasteiger partial charge in [-0.15, -0.1) is 0 Å². The Hall–Kier alpha value is -2.02. The number of halogens is 1. The average Bonchev–Trinajstić information content (AvgIpc) is 2.55. The summed E-state index contributed by atoms with van der Waals surface area (Å²) in [5.41, 5.74) is 1.44. The van der Waals surface area contributed by atoms with Gasteiger partial charge in [0.1, 0.15) is 11.5 Å². The second-order valence-corrected chi connectivity index (χ2v) is 5.55. The summed E-state index contributed by atoms with van der Waals surface area (Å²) in [6.45, 7) is 0. The van der Waals surface area contributed by atoms with E-state index in [1.165, 1.54) is 13.2 Å². The SMILES string of the molecule is COc1ccc(C(=O)C=CNc2ccccc2I)c(OC)c1. The number of allylic oxidation sites excluding steroid dienone is 1. The second kappa shape index (κ2) is 7.84. The Kier molecular flexibility index (Phi) is 5.83. The normalized spacial score (nSPS) is 10.5. The van der Waals surface area contributed by atoms with Crippen molar-refractivity contribution in [3.05, 3.63) is 63.9 Å². The summed E-state index contributed by atoms with van der Waals surface area (Å²) in [5.74, 6) is 0.996. The topological polar surface area (TPSA) is 47.6 Å². The highest BCUT2D eigenvalue weighted by molar-refractivity contribution is 14.1. The molecule has 0 radical (unpaired) electrons. The van der Waals surface area contributed by atoms with Crippen molar-refractivity contribution >= 4 is 34.1 Å². The number of rotatable bonds is 6. The van der Waals surface area contributed by atoms with Crippen LogP contribution in [0.4, 0.5) is 5.69 Å². The molecule has 0 bridgehead atoms. The Balaban J connectivity index is 2.12. The molecule has 0 aliphatic carbocycles. The molecular weight excluding hydrogens is 393 g/mol. The van der Waals surface area contributed by atoms with Crippen LogP contribution in [0, 0.1) is 3.57 Å². The van der Waals surface area contributed by atoms with Gasteiger partial charge < -0.3 is 14.8 Å². The van der Waals surface area contributed by atoms with Crippen LogP contribution < -0.4 is 14.8 Å². The van der Waals surface area contributed by atoms with Crippen LogP contribution in [0.15, 0.2) is 54.7 Å². The number of hydrogen-bond donors (Lipinski definition) is 1. The Morgan fingerprint density at radius 1 is 1.14 bits per heavy atom. The lowest BCUT2D eigenvalue weighted by atomic mass is 10.1. The molecule has 0 fully saturated rings. The molecule has 2 rings (SSSR count). The summed E-state index contributed by atoms with van der Waals surface area (Å²) in [5, 5.41) is 3.10. The number of para-hydroxylation sites is 1. The number of nitrogens with one attached hydrogen (secondary N) is 1. The zero-order chi connectivity index (χ0) is 15.9. The lowest BCUT2D eigenvalue weighted by Gasteiger charge is -2.08. The minimum atomic E-state index is -0.141. The van der Waals surface area contributed by atoms with Gasteiger partial charge in [-0.05, 0) is 46.9 Å². The predicted octanol–water partition coefficient (Wildman–Crippen LogP) is 4.12. The van der Waals surface area contributed by atoms with Crippen molar-refractivity contribution in [2.24, 2.45) is 0 Å². The van der Waals surface area contributed by atoms with Crippen molar-refractivity contribution < 1.29 is 14.3 Å². The maximum atomic E-state index is 12.2. The van der Waals surface area contributed by atoms with Crippen molar-refractivity contribution in [2.75, 3.05) is 19.5 Å². The molecule has 1 N–H and O–H groups in total. The lowest BCUT2D eigenvalue weighted by Crippen LogP contribution is -2.01. The van der Waals surface area contributed by atoms with Crippen molar-refractivity contribution in [1.82, 2.24) is 0 Å².